The lowest BCUT2D eigenvalue weighted by atomic mass is 10.1. The van der Waals surface area contributed by atoms with Crippen molar-refractivity contribution in [2.75, 3.05) is 20.2 Å². The third-order valence-corrected chi connectivity index (χ3v) is 3.45. The molecule has 0 bridgehead atoms. The maximum Gasteiger partial charge on any atom is 0.213 e. The molecule has 1 unspecified atom stereocenters. The molecule has 2 aromatic rings. The lowest BCUT2D eigenvalue weighted by molar-refractivity contribution is 0.399. The summed E-state index contributed by atoms with van der Waals surface area (Å²) in [6.07, 6.45) is 7.43. The molecule has 3 heterocycles. The topological polar surface area (TPSA) is 47.0 Å². The molecule has 0 aliphatic carbocycles. The highest BCUT2D eigenvalue weighted by atomic mass is 16.5. The van der Waals surface area contributed by atoms with Crippen molar-refractivity contribution < 1.29 is 4.74 Å². The SMILES string of the molecule is COc1ccc2nccc(C=CC3CCNC3)c2n1. The molecule has 1 saturated heterocycles. The van der Waals surface area contributed by atoms with Crippen molar-refractivity contribution in [3.8, 4) is 5.88 Å². The lowest BCUT2D eigenvalue weighted by Gasteiger charge is -2.04. The van der Waals surface area contributed by atoms with Crippen LogP contribution in [0.5, 0.6) is 5.88 Å². The second-order valence-corrected chi connectivity index (χ2v) is 4.73. The van der Waals surface area contributed by atoms with E-state index in [1.807, 2.05) is 24.4 Å². The number of hydrogen-bond donors (Lipinski definition) is 1. The van der Waals surface area contributed by atoms with Gasteiger partial charge in [0.25, 0.3) is 0 Å². The summed E-state index contributed by atoms with van der Waals surface area (Å²) in [6.45, 7) is 2.18. The molecule has 1 aliphatic heterocycles. The van der Waals surface area contributed by atoms with E-state index in [0.29, 0.717) is 11.8 Å². The summed E-state index contributed by atoms with van der Waals surface area (Å²) in [6, 6.07) is 5.77. The van der Waals surface area contributed by atoms with Gasteiger partial charge in [-0.2, -0.15) is 0 Å². The smallest absolute Gasteiger partial charge is 0.213 e. The van der Waals surface area contributed by atoms with Gasteiger partial charge in [-0.25, -0.2) is 4.98 Å². The molecule has 0 amide bonds. The van der Waals surface area contributed by atoms with Crippen molar-refractivity contribution in [2.45, 2.75) is 6.42 Å². The summed E-state index contributed by atoms with van der Waals surface area (Å²) in [5, 5.41) is 3.36. The highest BCUT2D eigenvalue weighted by Gasteiger charge is 2.11. The second-order valence-electron chi connectivity index (χ2n) is 4.73. The molecular formula is C15H17N3O. The van der Waals surface area contributed by atoms with Gasteiger partial charge in [0.2, 0.25) is 5.88 Å². The van der Waals surface area contributed by atoms with E-state index in [0.717, 1.165) is 29.7 Å². The number of methoxy groups -OCH3 is 1. The summed E-state index contributed by atoms with van der Waals surface area (Å²) < 4.78 is 5.18. The van der Waals surface area contributed by atoms with Crippen molar-refractivity contribution in [3.63, 3.8) is 0 Å². The van der Waals surface area contributed by atoms with Crippen LogP contribution in [0.2, 0.25) is 0 Å². The predicted octanol–water partition coefficient (Wildman–Crippen LogP) is 2.26. The van der Waals surface area contributed by atoms with Gasteiger partial charge in [-0.1, -0.05) is 12.2 Å². The second kappa shape index (κ2) is 5.36. The Morgan fingerprint density at radius 1 is 1.37 bits per heavy atom. The van der Waals surface area contributed by atoms with Gasteiger partial charge in [-0.05, 0) is 31.0 Å². The van der Waals surface area contributed by atoms with E-state index in [2.05, 4.69) is 27.4 Å². The largest absolute Gasteiger partial charge is 0.481 e. The van der Waals surface area contributed by atoms with Gasteiger partial charge >= 0.3 is 0 Å². The summed E-state index contributed by atoms with van der Waals surface area (Å²) in [5.74, 6) is 1.24. The Hall–Kier alpha value is -1.94. The Labute approximate surface area is 112 Å². The van der Waals surface area contributed by atoms with E-state index in [4.69, 9.17) is 4.74 Å². The van der Waals surface area contributed by atoms with Gasteiger partial charge in [0.05, 0.1) is 18.1 Å². The Kier molecular flexibility index (Phi) is 3.42. The molecule has 0 radical (unpaired) electrons. The standard InChI is InChI=1S/C15H17N3O/c1-19-14-5-4-13-15(18-14)12(7-9-17-13)3-2-11-6-8-16-10-11/h2-5,7,9,11,16H,6,8,10H2,1H3. The molecule has 3 rings (SSSR count). The molecule has 4 nitrogen and oxygen atoms in total. The zero-order chi connectivity index (χ0) is 13.1. The monoisotopic (exact) mass is 255 g/mol. The van der Waals surface area contributed by atoms with Gasteiger partial charge < -0.3 is 10.1 Å². The number of fused-ring (bicyclic) bond motifs is 1. The minimum absolute atomic E-state index is 0.619. The van der Waals surface area contributed by atoms with Crippen molar-refractivity contribution in [3.05, 3.63) is 36.0 Å². The zero-order valence-electron chi connectivity index (χ0n) is 11.0. The molecule has 19 heavy (non-hydrogen) atoms. The first-order valence-electron chi connectivity index (χ1n) is 6.55. The zero-order valence-corrected chi connectivity index (χ0v) is 11.0. The highest BCUT2D eigenvalue weighted by molar-refractivity contribution is 5.84. The fourth-order valence-electron chi connectivity index (χ4n) is 2.36. The van der Waals surface area contributed by atoms with E-state index >= 15 is 0 Å². The number of rotatable bonds is 3. The quantitative estimate of drug-likeness (QED) is 0.914. The molecule has 1 N–H and O–H groups in total. The summed E-state index contributed by atoms with van der Waals surface area (Å²) in [4.78, 5) is 8.82. The summed E-state index contributed by atoms with van der Waals surface area (Å²) >= 11 is 0. The van der Waals surface area contributed by atoms with Crippen molar-refractivity contribution in [1.29, 1.82) is 0 Å². The Morgan fingerprint density at radius 3 is 3.11 bits per heavy atom. The fourth-order valence-corrected chi connectivity index (χ4v) is 2.36. The molecule has 0 aromatic carbocycles. The molecular weight excluding hydrogens is 238 g/mol. The number of nitrogens with one attached hydrogen (secondary N) is 1. The van der Waals surface area contributed by atoms with Crippen LogP contribution in [0.25, 0.3) is 17.1 Å². The minimum Gasteiger partial charge on any atom is -0.481 e. The van der Waals surface area contributed by atoms with Gasteiger partial charge in [-0.3, -0.25) is 4.98 Å². The average molecular weight is 255 g/mol. The molecule has 0 saturated carbocycles. The van der Waals surface area contributed by atoms with E-state index in [1.54, 1.807) is 7.11 Å². The molecule has 98 valence electrons. The number of pyridine rings is 2. The molecule has 1 aliphatic rings. The summed E-state index contributed by atoms with van der Waals surface area (Å²) in [7, 11) is 1.63. The van der Waals surface area contributed by atoms with Crippen LogP contribution in [-0.4, -0.2) is 30.2 Å². The third-order valence-electron chi connectivity index (χ3n) is 3.45. The average Bonchev–Trinajstić information content (AvgIpc) is 2.97. The van der Waals surface area contributed by atoms with Crippen LogP contribution >= 0.6 is 0 Å². The van der Waals surface area contributed by atoms with E-state index in [9.17, 15) is 0 Å². The lowest BCUT2D eigenvalue weighted by Crippen LogP contribution is -2.07. The summed E-state index contributed by atoms with van der Waals surface area (Å²) in [5.41, 5.74) is 2.88. The Balaban J connectivity index is 1.97. The van der Waals surface area contributed by atoms with Crippen molar-refractivity contribution >= 4 is 17.1 Å². The normalized spacial score (nSPS) is 19.3. The molecule has 0 spiro atoms. The van der Waals surface area contributed by atoms with E-state index < -0.39 is 0 Å². The number of ether oxygens (including phenoxy) is 1. The molecule has 1 atom stereocenters. The van der Waals surface area contributed by atoms with Crippen LogP contribution in [0.4, 0.5) is 0 Å². The van der Waals surface area contributed by atoms with Crippen molar-refractivity contribution in [1.82, 2.24) is 15.3 Å². The van der Waals surface area contributed by atoms with Crippen LogP contribution in [0.1, 0.15) is 12.0 Å². The minimum atomic E-state index is 0.619. The van der Waals surface area contributed by atoms with Gasteiger partial charge in [-0.15, -0.1) is 0 Å². The maximum atomic E-state index is 5.18. The van der Waals surface area contributed by atoms with Crippen LogP contribution < -0.4 is 10.1 Å². The first-order chi connectivity index (χ1) is 9.36. The number of aromatic nitrogens is 2. The molecule has 4 heteroatoms. The van der Waals surface area contributed by atoms with Crippen LogP contribution in [0.15, 0.2) is 30.5 Å². The Morgan fingerprint density at radius 2 is 2.32 bits per heavy atom. The molecule has 2 aromatic heterocycles. The number of hydrogen-bond acceptors (Lipinski definition) is 4. The third kappa shape index (κ3) is 2.58. The predicted molar refractivity (Wildman–Crippen MR) is 76.1 cm³/mol. The van der Waals surface area contributed by atoms with Crippen molar-refractivity contribution in [2.24, 2.45) is 5.92 Å². The van der Waals surface area contributed by atoms with Crippen LogP contribution in [-0.2, 0) is 0 Å². The molecule has 1 fully saturated rings. The fraction of sp³-hybridized carbons (Fsp3) is 0.333. The highest BCUT2D eigenvalue weighted by Crippen LogP contribution is 2.20. The van der Waals surface area contributed by atoms with E-state index in [-0.39, 0.29) is 0 Å². The van der Waals surface area contributed by atoms with E-state index in [1.165, 1.54) is 6.42 Å². The van der Waals surface area contributed by atoms with Gasteiger partial charge in [0, 0.05) is 24.4 Å². The maximum absolute atomic E-state index is 5.18. The van der Waals surface area contributed by atoms with Gasteiger partial charge in [0.1, 0.15) is 0 Å². The first-order valence-corrected chi connectivity index (χ1v) is 6.55. The first kappa shape index (κ1) is 12.1. The Bertz CT molecular complexity index is 603. The number of nitrogens with zero attached hydrogens (tertiary/aromatic N) is 2. The van der Waals surface area contributed by atoms with Crippen LogP contribution in [0, 0.1) is 5.92 Å². The van der Waals surface area contributed by atoms with Gasteiger partial charge in [0.15, 0.2) is 0 Å². The van der Waals surface area contributed by atoms with Crippen LogP contribution in [0.3, 0.4) is 0 Å².